The summed E-state index contributed by atoms with van der Waals surface area (Å²) >= 11 is 0. The summed E-state index contributed by atoms with van der Waals surface area (Å²) in [6.07, 6.45) is -3.65. The predicted octanol–water partition coefficient (Wildman–Crippen LogP) is -0.697. The van der Waals surface area contributed by atoms with Gasteiger partial charge in [0.05, 0.1) is 25.6 Å². The van der Waals surface area contributed by atoms with Crippen LogP contribution in [0.4, 0.5) is 5.82 Å². The van der Waals surface area contributed by atoms with Crippen molar-refractivity contribution in [2.45, 2.75) is 25.4 Å². The van der Waals surface area contributed by atoms with Gasteiger partial charge >= 0.3 is 37.0 Å². The Bertz CT molecular complexity index is 1370. The van der Waals surface area contributed by atoms with Crippen LogP contribution < -0.4 is 5.73 Å². The number of aromatic nitrogens is 4. The second-order valence-electron chi connectivity index (χ2n) is 7.29. The van der Waals surface area contributed by atoms with Gasteiger partial charge in [-0.25, -0.2) is 33.0 Å². The molecule has 2 aromatic rings. The second-order valence-corrected chi connectivity index (χ2v) is 13.9. The highest BCUT2D eigenvalue weighted by Crippen LogP contribution is 2.71. The smallest absolute Gasteiger partial charge is 0.481 e. The molecule has 2 heterocycles. The summed E-state index contributed by atoms with van der Waals surface area (Å²) in [5.41, 5.74) is 5.94. The first-order valence-electron chi connectivity index (χ1n) is 9.94. The van der Waals surface area contributed by atoms with E-state index >= 15 is 0 Å². The molecule has 7 atom stereocenters. The topological polar surface area (TPSA) is 343 Å². The number of phosphoric acid groups is 3. The zero-order valence-electron chi connectivity index (χ0n) is 19.4. The Labute approximate surface area is 217 Å². The number of hydrogen-bond donors (Lipinski definition) is 8. The second kappa shape index (κ2) is 12.9. The Kier molecular flexibility index (Phi) is 11.1. The number of carbonyl (C=O) groups is 1. The minimum absolute atomic E-state index is 0.000622. The van der Waals surface area contributed by atoms with Gasteiger partial charge in [0.2, 0.25) is 0 Å². The molecule has 0 aliphatic carbocycles. The SMILES string of the molecule is C[C@H](O)[C@@H](O[C@@H](CO)COP(=O)(O)OP(=O)(O)OP(=O)(O)OP(=O)(O)CC(=O)O)n1cnc2c(N)ncnc21. The first-order chi connectivity index (χ1) is 17.8. The van der Waals surface area contributed by atoms with Crippen LogP contribution in [0.5, 0.6) is 0 Å². The summed E-state index contributed by atoms with van der Waals surface area (Å²) in [5.74, 6) is -1.95. The van der Waals surface area contributed by atoms with Gasteiger partial charge in [0, 0.05) is 0 Å². The number of anilines is 1. The molecule has 39 heavy (non-hydrogen) atoms. The van der Waals surface area contributed by atoms with Gasteiger partial charge in [-0.15, -0.1) is 0 Å². The van der Waals surface area contributed by atoms with E-state index in [1.807, 2.05) is 0 Å². The first kappa shape index (κ1) is 33.5. The lowest BCUT2D eigenvalue weighted by molar-refractivity contribution is -0.134. The van der Waals surface area contributed by atoms with E-state index in [2.05, 4.69) is 32.4 Å². The van der Waals surface area contributed by atoms with Crippen LogP contribution in [-0.2, 0) is 45.2 Å². The van der Waals surface area contributed by atoms with Crippen molar-refractivity contribution in [2.24, 2.45) is 0 Å². The fourth-order valence-corrected chi connectivity index (χ4v) is 7.92. The highest BCUT2D eigenvalue weighted by atomic mass is 31.3. The van der Waals surface area contributed by atoms with Gasteiger partial charge in [-0.2, -0.15) is 8.62 Å². The number of aliphatic hydroxyl groups excluding tert-OH is 2. The molecular weight excluding hydrogens is 622 g/mol. The zero-order valence-corrected chi connectivity index (χ0v) is 23.0. The number of carboxylic acids is 1. The van der Waals surface area contributed by atoms with Crippen molar-refractivity contribution in [3.8, 4) is 0 Å². The molecule has 0 fully saturated rings. The molecule has 0 saturated heterocycles. The minimum Gasteiger partial charge on any atom is -0.481 e. The normalized spacial score (nSPS) is 20.7. The molecule has 0 amide bonds. The van der Waals surface area contributed by atoms with Crippen LogP contribution in [0, 0.1) is 0 Å². The van der Waals surface area contributed by atoms with Crippen LogP contribution in [0.15, 0.2) is 12.7 Å². The highest BCUT2D eigenvalue weighted by Gasteiger charge is 2.45. The van der Waals surface area contributed by atoms with Gasteiger partial charge < -0.3 is 45.4 Å². The van der Waals surface area contributed by atoms with Crippen molar-refractivity contribution in [3.05, 3.63) is 12.7 Å². The maximum absolute atomic E-state index is 12.1. The van der Waals surface area contributed by atoms with Gasteiger partial charge in [0.1, 0.15) is 24.1 Å². The third kappa shape index (κ3) is 10.3. The lowest BCUT2D eigenvalue weighted by Crippen LogP contribution is -2.33. The van der Waals surface area contributed by atoms with E-state index in [1.54, 1.807) is 0 Å². The van der Waals surface area contributed by atoms with Crippen LogP contribution in [-0.4, -0.2) is 92.0 Å². The quantitative estimate of drug-likeness (QED) is 0.105. The van der Waals surface area contributed by atoms with Crippen LogP contribution in [0.2, 0.25) is 0 Å². The van der Waals surface area contributed by atoms with Crippen LogP contribution in [0.3, 0.4) is 0 Å². The van der Waals surface area contributed by atoms with Crippen LogP contribution >= 0.6 is 31.1 Å². The average Bonchev–Trinajstić information content (AvgIpc) is 3.15. The minimum atomic E-state index is -6.08. The number of hydrogen-bond acceptors (Lipinski definition) is 16. The standard InChI is InChI=1S/C13H23N5O17P4/c1-7(20)13(18-6-17-10-11(14)15-5-16-12(10)18)32-8(2-19)3-31-37(25,26)34-39(29,30)35-38(27,28)33-36(23,24)4-9(21)22/h5-8,13,19-20H,2-4H2,1H3,(H,21,22)(H,23,24)(H,25,26)(H,27,28)(H,29,30)(H2,14,15,16)/t7-,8-,13+/m0/s1. The number of fused-ring (bicyclic) bond motifs is 1. The van der Waals surface area contributed by atoms with Crippen molar-refractivity contribution in [1.82, 2.24) is 19.5 Å². The van der Waals surface area contributed by atoms with E-state index in [9.17, 15) is 52.8 Å². The molecule has 2 rings (SSSR count). The van der Waals surface area contributed by atoms with Gasteiger partial charge in [-0.05, 0) is 6.92 Å². The number of imidazole rings is 1. The van der Waals surface area contributed by atoms with E-state index in [1.165, 1.54) is 17.8 Å². The van der Waals surface area contributed by atoms with E-state index in [-0.39, 0.29) is 17.0 Å². The molecule has 0 aliphatic rings. The lowest BCUT2D eigenvalue weighted by Gasteiger charge is -2.27. The van der Waals surface area contributed by atoms with E-state index in [0.717, 1.165) is 6.33 Å². The summed E-state index contributed by atoms with van der Waals surface area (Å²) in [4.78, 5) is 59.9. The number of nitrogen functional groups attached to an aromatic ring is 1. The van der Waals surface area contributed by atoms with Gasteiger partial charge in [0.25, 0.3) is 0 Å². The summed E-state index contributed by atoms with van der Waals surface area (Å²) < 4.78 is 69.3. The number of rotatable bonds is 16. The molecule has 0 radical (unpaired) electrons. The van der Waals surface area contributed by atoms with E-state index in [0.29, 0.717) is 0 Å². The maximum Gasteiger partial charge on any atom is 0.490 e. The molecule has 0 aromatic carbocycles. The molecule has 22 nitrogen and oxygen atoms in total. The Balaban J connectivity index is 2.08. The Morgan fingerprint density at radius 3 is 2.18 bits per heavy atom. The average molecular weight is 645 g/mol. The number of nitrogens with two attached hydrogens (primary N) is 1. The zero-order chi connectivity index (χ0) is 29.8. The molecular formula is C13H23N5O17P4. The third-order valence-electron chi connectivity index (χ3n) is 4.01. The molecule has 0 aliphatic heterocycles. The van der Waals surface area contributed by atoms with Crippen molar-refractivity contribution in [3.63, 3.8) is 0 Å². The number of nitrogens with zero attached hydrogens (tertiary/aromatic N) is 4. The Morgan fingerprint density at radius 1 is 1.03 bits per heavy atom. The molecule has 222 valence electrons. The number of aliphatic carboxylic acids is 1. The number of aliphatic hydroxyl groups is 2. The van der Waals surface area contributed by atoms with Crippen molar-refractivity contribution in [1.29, 1.82) is 0 Å². The van der Waals surface area contributed by atoms with Gasteiger partial charge in [-0.3, -0.25) is 18.5 Å². The Morgan fingerprint density at radius 2 is 1.62 bits per heavy atom. The van der Waals surface area contributed by atoms with Crippen molar-refractivity contribution < 1.29 is 80.1 Å². The molecule has 0 bridgehead atoms. The number of ether oxygens (including phenoxy) is 1. The number of carboxylic acid groups (broad SMARTS) is 1. The third-order valence-corrected chi connectivity index (χ3v) is 10.3. The van der Waals surface area contributed by atoms with Crippen molar-refractivity contribution in [2.75, 3.05) is 25.1 Å². The summed E-state index contributed by atoms with van der Waals surface area (Å²) in [5, 5.41) is 28.2. The van der Waals surface area contributed by atoms with Crippen molar-refractivity contribution >= 4 is 54.0 Å². The lowest BCUT2D eigenvalue weighted by atomic mass is 10.3. The summed E-state index contributed by atoms with van der Waals surface area (Å²) in [6.45, 7) is -0.711. The molecule has 26 heteroatoms. The molecule has 4 unspecified atom stereocenters. The molecule has 9 N–H and O–H groups in total. The fourth-order valence-electron chi connectivity index (χ4n) is 2.65. The highest BCUT2D eigenvalue weighted by molar-refractivity contribution is 7.70. The molecule has 2 aromatic heterocycles. The van der Waals surface area contributed by atoms with E-state index in [4.69, 9.17) is 15.6 Å². The fraction of sp³-hybridized carbons (Fsp3) is 0.538. The van der Waals surface area contributed by atoms with Gasteiger partial charge in [0.15, 0.2) is 17.7 Å². The Hall–Kier alpha value is -1.70. The van der Waals surface area contributed by atoms with Gasteiger partial charge in [-0.1, -0.05) is 0 Å². The summed E-state index contributed by atoms with van der Waals surface area (Å²) in [7, 11) is -23.2. The first-order valence-corrected chi connectivity index (χ1v) is 16.2. The van der Waals surface area contributed by atoms with E-state index < -0.39 is 74.8 Å². The number of phosphoric ester groups is 1. The largest absolute Gasteiger partial charge is 0.490 e. The molecule has 0 spiro atoms. The molecule has 0 saturated carbocycles. The predicted molar refractivity (Wildman–Crippen MR) is 123 cm³/mol. The maximum atomic E-state index is 12.1. The van der Waals surface area contributed by atoms with Crippen LogP contribution in [0.1, 0.15) is 13.2 Å². The summed E-state index contributed by atoms with van der Waals surface area (Å²) in [6, 6.07) is 0. The van der Waals surface area contributed by atoms with Crippen LogP contribution in [0.25, 0.3) is 11.2 Å². The monoisotopic (exact) mass is 645 g/mol.